The van der Waals surface area contributed by atoms with Gasteiger partial charge in [0, 0.05) is 98.8 Å². The zero-order valence-electron chi connectivity index (χ0n) is 75.5. The molecular weight excluding hydrogens is 1670 g/mol. The Bertz CT molecular complexity index is 9320. The quantitative estimate of drug-likeness (QED) is 0.110. The molecule has 0 aliphatic heterocycles. The van der Waals surface area contributed by atoms with Crippen molar-refractivity contribution in [3.63, 3.8) is 0 Å². The molecule has 22 aromatic carbocycles. The summed E-state index contributed by atoms with van der Waals surface area (Å²) in [6.45, 7) is 0. The molecule has 6 heterocycles. The Kier molecular flexibility index (Phi) is 19.9. The van der Waals surface area contributed by atoms with Crippen LogP contribution < -0.4 is 0 Å². The van der Waals surface area contributed by atoms with Gasteiger partial charge < -0.3 is 27.4 Å². The largest absolute Gasteiger partial charge is 0.309 e. The summed E-state index contributed by atoms with van der Waals surface area (Å²) in [6, 6.07) is 193. The van der Waals surface area contributed by atoms with Crippen LogP contribution in [0.3, 0.4) is 0 Å². The number of hydrogen-bond acceptors (Lipinski definition) is 0. The second-order valence-electron chi connectivity index (χ2n) is 35.8. The SMILES string of the molecule is c1ccc(-c2cc(-c3ccccc3)cc(-n3c4ccccc4c4cc(-c5ccc6c(c5)c5ccccc5n6-c5ccccc5)ccc43)c2)cc1.c1ccc(-c2ccc(-n3c4ccccc4c4cc(-c5ccc6c(c5)c5ccccc5n6-c5cccc(-c6ccccc6)c5)ccc43)cc2)cc1.c1ccc(-n2c3ccccc3c3cc(-c4ccc5c(c4)c4ccccc4n5-c4ccccc4)ccc32)cc1. The van der Waals surface area contributed by atoms with Crippen LogP contribution in [0.15, 0.2) is 534 Å². The van der Waals surface area contributed by atoms with Gasteiger partial charge in [-0.15, -0.1) is 0 Å². The fraction of sp³-hybridized carbons (Fsp3) is 0. The second kappa shape index (κ2) is 34.0. The van der Waals surface area contributed by atoms with Crippen molar-refractivity contribution in [1.29, 1.82) is 0 Å². The molecule has 0 amide bonds. The highest BCUT2D eigenvalue weighted by Crippen LogP contribution is 2.46. The van der Waals surface area contributed by atoms with E-state index in [9.17, 15) is 0 Å². The van der Waals surface area contributed by atoms with Gasteiger partial charge in [-0.1, -0.05) is 346 Å². The monoisotopic (exact) mass is 1760 g/mol. The summed E-state index contributed by atoms with van der Waals surface area (Å²) in [5.41, 5.74) is 38.6. The molecule has 0 atom stereocenters. The molecule has 0 fully saturated rings. The number of aromatic nitrogens is 6. The van der Waals surface area contributed by atoms with Crippen molar-refractivity contribution in [2.24, 2.45) is 0 Å². The van der Waals surface area contributed by atoms with Crippen molar-refractivity contribution >= 4 is 131 Å². The average molecular weight is 1760 g/mol. The number of para-hydroxylation sites is 9. The van der Waals surface area contributed by atoms with Gasteiger partial charge in [-0.2, -0.15) is 0 Å². The Morgan fingerprint density at radius 2 is 0.246 bits per heavy atom. The lowest BCUT2D eigenvalue weighted by atomic mass is 9.98. The summed E-state index contributed by atoms with van der Waals surface area (Å²) < 4.78 is 14.3. The van der Waals surface area contributed by atoms with Crippen LogP contribution in [-0.2, 0) is 0 Å². The lowest BCUT2D eigenvalue weighted by Gasteiger charge is -2.14. The third-order valence-corrected chi connectivity index (χ3v) is 27.9. The molecule has 0 spiro atoms. The van der Waals surface area contributed by atoms with Crippen molar-refractivity contribution in [2.45, 2.75) is 0 Å². The van der Waals surface area contributed by atoms with Crippen molar-refractivity contribution in [1.82, 2.24) is 27.4 Å². The van der Waals surface area contributed by atoms with E-state index in [1.165, 1.54) is 226 Å². The van der Waals surface area contributed by atoms with E-state index in [4.69, 9.17) is 0 Å². The molecule has 646 valence electrons. The summed E-state index contributed by atoms with van der Waals surface area (Å²) in [7, 11) is 0. The van der Waals surface area contributed by atoms with Crippen LogP contribution in [0.1, 0.15) is 0 Å². The van der Waals surface area contributed by atoms with Gasteiger partial charge >= 0.3 is 0 Å². The molecule has 0 aliphatic rings. The van der Waals surface area contributed by atoms with Crippen molar-refractivity contribution in [3.05, 3.63) is 534 Å². The molecule has 0 unspecified atom stereocenters. The van der Waals surface area contributed by atoms with E-state index in [0.717, 1.165) is 17.1 Å². The minimum absolute atomic E-state index is 1.15. The van der Waals surface area contributed by atoms with E-state index < -0.39 is 0 Å². The van der Waals surface area contributed by atoms with E-state index in [0.29, 0.717) is 0 Å². The lowest BCUT2D eigenvalue weighted by molar-refractivity contribution is 1.18. The van der Waals surface area contributed by atoms with Gasteiger partial charge in [0.1, 0.15) is 0 Å². The lowest BCUT2D eigenvalue weighted by Crippen LogP contribution is -1.96. The molecule has 0 N–H and O–H groups in total. The minimum Gasteiger partial charge on any atom is -0.309 e. The van der Waals surface area contributed by atoms with E-state index in [-0.39, 0.29) is 0 Å². The molecule has 28 rings (SSSR count). The summed E-state index contributed by atoms with van der Waals surface area (Å²) >= 11 is 0. The van der Waals surface area contributed by atoms with Crippen molar-refractivity contribution in [3.8, 4) is 112 Å². The number of benzene rings is 22. The van der Waals surface area contributed by atoms with Crippen LogP contribution in [0.2, 0.25) is 0 Å². The Morgan fingerprint density at radius 3 is 0.522 bits per heavy atom. The smallest absolute Gasteiger partial charge is 0.0541 e. The van der Waals surface area contributed by atoms with E-state index in [1.54, 1.807) is 0 Å². The maximum absolute atomic E-state index is 2.43. The molecule has 6 heteroatoms. The highest BCUT2D eigenvalue weighted by atomic mass is 15.0. The van der Waals surface area contributed by atoms with Gasteiger partial charge in [0.15, 0.2) is 0 Å². The summed E-state index contributed by atoms with van der Waals surface area (Å²) in [5.74, 6) is 0. The summed E-state index contributed by atoms with van der Waals surface area (Å²) in [4.78, 5) is 0. The first-order valence-electron chi connectivity index (χ1n) is 47.4. The predicted molar refractivity (Wildman–Crippen MR) is 583 cm³/mol. The zero-order chi connectivity index (χ0) is 91.1. The van der Waals surface area contributed by atoms with Crippen LogP contribution in [0, 0.1) is 0 Å². The van der Waals surface area contributed by atoms with E-state index >= 15 is 0 Å². The Labute approximate surface area is 798 Å². The molecule has 0 aliphatic carbocycles. The van der Waals surface area contributed by atoms with Gasteiger partial charge in [-0.05, 0) is 266 Å². The number of rotatable bonds is 13. The van der Waals surface area contributed by atoms with Gasteiger partial charge in [-0.25, -0.2) is 0 Å². The first-order chi connectivity index (χ1) is 68.5. The number of hydrogen-bond donors (Lipinski definition) is 0. The maximum Gasteiger partial charge on any atom is 0.0541 e. The standard InChI is InChI=1S/2C48H32N2.C36H24N2/c1-4-14-33(15-5-1)37-28-38(34-16-6-2-7-17-34)30-40(29-37)50-46-23-13-11-21-42(46)44-32-36(25-27-48(44)50)35-24-26-47-43(31-35)41-20-10-12-22-45(41)49(47)39-18-8-3-9-19-39;1-3-12-33(13-4-1)35-22-26-39(27-23-35)49-45-20-9-7-18-41(45)43-31-37(24-28-47(43)49)38-25-29-48-44(32-38)42-19-8-10-21-46(42)50(48)40-17-11-16-36(30-40)34-14-5-2-6-15-34;1-3-11-27(12-4-1)37-33-17-9-7-15-29(33)31-23-25(19-21-35(31)37)26-20-22-36-32(24-26)30-16-8-10-18-34(30)38(36)28-13-5-2-6-14-28/h2*1-32H;1-24H. The fourth-order valence-electron chi connectivity index (χ4n) is 21.5. The highest BCUT2D eigenvalue weighted by molar-refractivity contribution is 6.17. The van der Waals surface area contributed by atoms with Gasteiger partial charge in [0.25, 0.3) is 0 Å². The van der Waals surface area contributed by atoms with Crippen LogP contribution in [0.4, 0.5) is 0 Å². The first kappa shape index (κ1) is 80.5. The van der Waals surface area contributed by atoms with Crippen LogP contribution in [0.25, 0.3) is 243 Å². The third-order valence-electron chi connectivity index (χ3n) is 27.9. The number of fused-ring (bicyclic) bond motifs is 18. The van der Waals surface area contributed by atoms with Gasteiger partial charge in [0.05, 0.1) is 66.2 Å². The van der Waals surface area contributed by atoms with Crippen molar-refractivity contribution in [2.75, 3.05) is 0 Å². The highest BCUT2D eigenvalue weighted by Gasteiger charge is 2.23. The molecule has 0 bridgehead atoms. The van der Waals surface area contributed by atoms with E-state index in [1.807, 2.05) is 0 Å². The minimum atomic E-state index is 1.15. The van der Waals surface area contributed by atoms with Gasteiger partial charge in [0.2, 0.25) is 0 Å². The first-order valence-corrected chi connectivity index (χ1v) is 47.4. The Hall–Kier alpha value is -18.4. The van der Waals surface area contributed by atoms with Crippen LogP contribution in [0.5, 0.6) is 0 Å². The van der Waals surface area contributed by atoms with Crippen LogP contribution >= 0.6 is 0 Å². The third kappa shape index (κ3) is 14.0. The van der Waals surface area contributed by atoms with Gasteiger partial charge in [-0.3, -0.25) is 0 Å². The maximum atomic E-state index is 2.43. The topological polar surface area (TPSA) is 29.6 Å². The molecule has 0 saturated heterocycles. The molecule has 0 saturated carbocycles. The molecule has 6 aromatic heterocycles. The second-order valence-corrected chi connectivity index (χ2v) is 35.8. The molecule has 138 heavy (non-hydrogen) atoms. The molecule has 28 aromatic rings. The Balaban J connectivity index is 0.000000108. The predicted octanol–water partition coefficient (Wildman–Crippen LogP) is 35.3. The van der Waals surface area contributed by atoms with Crippen LogP contribution in [-0.4, -0.2) is 27.4 Å². The molecular formula is C132H88N6. The fourth-order valence-corrected chi connectivity index (χ4v) is 21.5. The average Bonchev–Trinajstić information content (AvgIpc) is 1.59. The number of nitrogens with zero attached hydrogens (tertiary/aromatic N) is 6. The van der Waals surface area contributed by atoms with E-state index in [2.05, 4.69) is 561 Å². The molecule has 0 radical (unpaired) electrons. The molecule has 6 nitrogen and oxygen atoms in total. The zero-order valence-corrected chi connectivity index (χ0v) is 75.5. The summed E-state index contributed by atoms with van der Waals surface area (Å²) in [6.07, 6.45) is 0. The summed E-state index contributed by atoms with van der Waals surface area (Å²) in [5, 5.41) is 15.1. The normalized spacial score (nSPS) is 11.6. The van der Waals surface area contributed by atoms with Crippen molar-refractivity contribution < 1.29 is 0 Å². The Morgan fingerprint density at radius 1 is 0.0797 bits per heavy atom.